The summed E-state index contributed by atoms with van der Waals surface area (Å²) in [5, 5.41) is 3.40. The van der Waals surface area contributed by atoms with Crippen LogP contribution in [0.5, 0.6) is 0 Å². The van der Waals surface area contributed by atoms with E-state index < -0.39 is 0 Å². The second-order valence-electron chi connectivity index (χ2n) is 5.06. The predicted octanol–water partition coefficient (Wildman–Crippen LogP) is 3.36. The fourth-order valence-electron chi connectivity index (χ4n) is 2.50. The Morgan fingerprint density at radius 2 is 1.94 bits per heavy atom. The molecule has 0 aromatic rings. The molecule has 0 saturated heterocycles. The van der Waals surface area contributed by atoms with Gasteiger partial charge in [-0.3, -0.25) is 0 Å². The van der Waals surface area contributed by atoms with Crippen molar-refractivity contribution in [2.24, 2.45) is 5.92 Å². The van der Waals surface area contributed by atoms with Crippen LogP contribution in [0.4, 0.5) is 0 Å². The zero-order valence-corrected chi connectivity index (χ0v) is 11.1. The SMILES string of the molecule is CCCC(CNCC)OCC1CCCCC1. The number of ether oxygens (including phenoxy) is 1. The van der Waals surface area contributed by atoms with E-state index >= 15 is 0 Å². The van der Waals surface area contributed by atoms with E-state index in [1.807, 2.05) is 0 Å². The van der Waals surface area contributed by atoms with Gasteiger partial charge in [-0.2, -0.15) is 0 Å². The standard InChI is InChI=1S/C14H29NO/c1-3-8-14(11-15-4-2)16-12-13-9-6-5-7-10-13/h13-15H,3-12H2,1-2H3. The molecular weight excluding hydrogens is 198 g/mol. The molecule has 1 saturated carbocycles. The molecule has 0 heterocycles. The quantitative estimate of drug-likeness (QED) is 0.686. The summed E-state index contributed by atoms with van der Waals surface area (Å²) in [6.45, 7) is 7.47. The molecule has 0 amide bonds. The highest BCUT2D eigenvalue weighted by molar-refractivity contribution is 4.67. The first-order chi connectivity index (χ1) is 7.86. The highest BCUT2D eigenvalue weighted by Gasteiger charge is 2.15. The molecule has 0 radical (unpaired) electrons. The van der Waals surface area contributed by atoms with Crippen LogP contribution in [0.3, 0.4) is 0 Å². The monoisotopic (exact) mass is 227 g/mol. The van der Waals surface area contributed by atoms with E-state index in [-0.39, 0.29) is 0 Å². The second-order valence-corrected chi connectivity index (χ2v) is 5.06. The molecule has 96 valence electrons. The first kappa shape index (κ1) is 14.0. The van der Waals surface area contributed by atoms with Gasteiger partial charge in [0.1, 0.15) is 0 Å². The number of hydrogen-bond acceptors (Lipinski definition) is 2. The smallest absolute Gasteiger partial charge is 0.0699 e. The van der Waals surface area contributed by atoms with Gasteiger partial charge in [-0.1, -0.05) is 39.5 Å². The molecule has 0 spiro atoms. The Morgan fingerprint density at radius 3 is 2.56 bits per heavy atom. The Bertz CT molecular complexity index is 155. The second kappa shape index (κ2) is 9.00. The van der Waals surface area contributed by atoms with Crippen molar-refractivity contribution >= 4 is 0 Å². The number of hydrogen-bond donors (Lipinski definition) is 1. The highest BCUT2D eigenvalue weighted by atomic mass is 16.5. The van der Waals surface area contributed by atoms with Crippen LogP contribution in [0.2, 0.25) is 0 Å². The van der Waals surface area contributed by atoms with Crippen LogP contribution in [0.15, 0.2) is 0 Å². The average molecular weight is 227 g/mol. The first-order valence-electron chi connectivity index (χ1n) is 7.19. The molecule has 0 aromatic carbocycles. The van der Waals surface area contributed by atoms with E-state index in [1.165, 1.54) is 44.9 Å². The zero-order valence-electron chi connectivity index (χ0n) is 11.1. The lowest BCUT2D eigenvalue weighted by Crippen LogP contribution is -2.30. The minimum atomic E-state index is 0.437. The lowest BCUT2D eigenvalue weighted by molar-refractivity contribution is 0.0165. The third-order valence-electron chi connectivity index (χ3n) is 3.53. The minimum Gasteiger partial charge on any atom is -0.377 e. The van der Waals surface area contributed by atoms with Crippen molar-refractivity contribution in [3.05, 3.63) is 0 Å². The summed E-state index contributed by atoms with van der Waals surface area (Å²) < 4.78 is 6.06. The molecule has 1 fully saturated rings. The Hall–Kier alpha value is -0.0800. The van der Waals surface area contributed by atoms with Crippen molar-refractivity contribution < 1.29 is 4.74 Å². The lowest BCUT2D eigenvalue weighted by atomic mass is 9.90. The van der Waals surface area contributed by atoms with Gasteiger partial charge in [0.25, 0.3) is 0 Å². The first-order valence-corrected chi connectivity index (χ1v) is 7.19. The van der Waals surface area contributed by atoms with Crippen LogP contribution in [0.1, 0.15) is 58.8 Å². The predicted molar refractivity (Wildman–Crippen MR) is 69.8 cm³/mol. The molecule has 16 heavy (non-hydrogen) atoms. The maximum Gasteiger partial charge on any atom is 0.0699 e. The van der Waals surface area contributed by atoms with E-state index in [4.69, 9.17) is 4.74 Å². The molecule has 1 aliphatic rings. The minimum absolute atomic E-state index is 0.437. The van der Waals surface area contributed by atoms with Crippen molar-refractivity contribution in [3.8, 4) is 0 Å². The van der Waals surface area contributed by atoms with Crippen molar-refractivity contribution in [1.29, 1.82) is 0 Å². The molecule has 1 aliphatic carbocycles. The number of likely N-dealkylation sites (N-methyl/N-ethyl adjacent to an activating group) is 1. The molecule has 2 heteroatoms. The topological polar surface area (TPSA) is 21.3 Å². The van der Waals surface area contributed by atoms with Crippen molar-refractivity contribution in [2.45, 2.75) is 64.9 Å². The molecule has 0 aliphatic heterocycles. The van der Waals surface area contributed by atoms with Crippen LogP contribution in [0.25, 0.3) is 0 Å². The van der Waals surface area contributed by atoms with Crippen LogP contribution in [-0.4, -0.2) is 25.8 Å². The summed E-state index contributed by atoms with van der Waals surface area (Å²) in [7, 11) is 0. The van der Waals surface area contributed by atoms with Gasteiger partial charge in [0, 0.05) is 13.2 Å². The average Bonchev–Trinajstić information content (AvgIpc) is 2.34. The largest absolute Gasteiger partial charge is 0.377 e. The van der Waals surface area contributed by atoms with E-state index in [0.717, 1.165) is 25.6 Å². The summed E-state index contributed by atoms with van der Waals surface area (Å²) in [5.41, 5.74) is 0. The summed E-state index contributed by atoms with van der Waals surface area (Å²) >= 11 is 0. The molecule has 1 atom stereocenters. The Morgan fingerprint density at radius 1 is 1.19 bits per heavy atom. The van der Waals surface area contributed by atoms with Gasteiger partial charge >= 0.3 is 0 Å². The molecule has 1 N–H and O–H groups in total. The van der Waals surface area contributed by atoms with Crippen molar-refractivity contribution in [3.63, 3.8) is 0 Å². The summed E-state index contributed by atoms with van der Waals surface area (Å²) in [6.07, 6.45) is 9.90. The van der Waals surface area contributed by atoms with Gasteiger partial charge in [0.2, 0.25) is 0 Å². The molecule has 2 nitrogen and oxygen atoms in total. The van der Waals surface area contributed by atoms with Gasteiger partial charge in [-0.05, 0) is 31.7 Å². The third-order valence-corrected chi connectivity index (χ3v) is 3.53. The van der Waals surface area contributed by atoms with Gasteiger partial charge in [-0.25, -0.2) is 0 Å². The Balaban J connectivity index is 2.14. The molecule has 0 bridgehead atoms. The van der Waals surface area contributed by atoms with Gasteiger partial charge in [0.15, 0.2) is 0 Å². The van der Waals surface area contributed by atoms with E-state index in [9.17, 15) is 0 Å². The van der Waals surface area contributed by atoms with Crippen LogP contribution >= 0.6 is 0 Å². The molecule has 0 aromatic heterocycles. The van der Waals surface area contributed by atoms with Crippen LogP contribution < -0.4 is 5.32 Å². The highest BCUT2D eigenvalue weighted by Crippen LogP contribution is 2.24. The Kier molecular flexibility index (Phi) is 7.87. The van der Waals surface area contributed by atoms with Gasteiger partial charge in [0.05, 0.1) is 6.10 Å². The normalized spacial score (nSPS) is 19.9. The Labute approximate surface area is 101 Å². The number of nitrogens with one attached hydrogen (secondary N) is 1. The summed E-state index contributed by atoms with van der Waals surface area (Å²) in [6, 6.07) is 0. The van der Waals surface area contributed by atoms with Crippen molar-refractivity contribution in [1.82, 2.24) is 5.32 Å². The zero-order chi connectivity index (χ0) is 11.6. The molecule has 1 rings (SSSR count). The van der Waals surface area contributed by atoms with E-state index in [0.29, 0.717) is 6.10 Å². The lowest BCUT2D eigenvalue weighted by Gasteiger charge is -2.25. The number of rotatable bonds is 8. The van der Waals surface area contributed by atoms with E-state index in [2.05, 4.69) is 19.2 Å². The van der Waals surface area contributed by atoms with Gasteiger partial charge in [-0.15, -0.1) is 0 Å². The van der Waals surface area contributed by atoms with Gasteiger partial charge < -0.3 is 10.1 Å². The van der Waals surface area contributed by atoms with E-state index in [1.54, 1.807) is 0 Å². The van der Waals surface area contributed by atoms with Crippen molar-refractivity contribution in [2.75, 3.05) is 19.7 Å². The summed E-state index contributed by atoms with van der Waals surface area (Å²) in [4.78, 5) is 0. The maximum atomic E-state index is 6.06. The maximum absolute atomic E-state index is 6.06. The third kappa shape index (κ3) is 5.86. The molecule has 1 unspecified atom stereocenters. The van der Waals surface area contributed by atoms with Crippen LogP contribution in [0, 0.1) is 5.92 Å². The fourth-order valence-corrected chi connectivity index (χ4v) is 2.50. The molecular formula is C14H29NO. The van der Waals surface area contributed by atoms with Crippen LogP contribution in [-0.2, 0) is 4.74 Å². The summed E-state index contributed by atoms with van der Waals surface area (Å²) in [5.74, 6) is 0.842. The fraction of sp³-hybridized carbons (Fsp3) is 1.00.